The van der Waals surface area contributed by atoms with Crippen molar-refractivity contribution in [2.24, 2.45) is 23.6 Å². The Morgan fingerprint density at radius 1 is 1.26 bits per heavy atom. The van der Waals surface area contributed by atoms with Gasteiger partial charge in [-0.2, -0.15) is 0 Å². The van der Waals surface area contributed by atoms with Crippen LogP contribution in [0.1, 0.15) is 24.3 Å². The molecule has 2 saturated carbocycles. The van der Waals surface area contributed by atoms with E-state index in [1.807, 2.05) is 0 Å². The summed E-state index contributed by atoms with van der Waals surface area (Å²) in [6, 6.07) is 8.76. The molecule has 100 valence electrons. The lowest BCUT2D eigenvalue weighted by Crippen LogP contribution is -2.42. The maximum Gasteiger partial charge on any atom is 0.0954 e. The molecule has 2 fully saturated rings. The van der Waals surface area contributed by atoms with Gasteiger partial charge in [-0.05, 0) is 49.1 Å². The highest BCUT2D eigenvalue weighted by molar-refractivity contribution is 7.18. The lowest BCUT2D eigenvalue weighted by molar-refractivity contribution is 0.336. The van der Waals surface area contributed by atoms with Gasteiger partial charge >= 0.3 is 0 Å². The van der Waals surface area contributed by atoms with Crippen LogP contribution in [0.5, 0.6) is 0 Å². The second kappa shape index (κ2) is 4.54. The van der Waals surface area contributed by atoms with Gasteiger partial charge in [-0.1, -0.05) is 12.1 Å². The standard InChI is InChI=1S/C15H19N3S/c16-18-13(11-6-9-5-10(9)7-11)8-15-17-12-3-1-2-4-14(12)19-15/h1-4,9-11,13,18H,5-8,16H2. The first kappa shape index (κ1) is 11.8. The molecule has 2 aliphatic rings. The molecular weight excluding hydrogens is 254 g/mol. The SMILES string of the molecule is NNC(Cc1nc2ccccc2s1)C1CC2CC2C1. The van der Waals surface area contributed by atoms with E-state index < -0.39 is 0 Å². The lowest BCUT2D eigenvalue weighted by Gasteiger charge is -2.22. The summed E-state index contributed by atoms with van der Waals surface area (Å²) in [5, 5.41) is 1.21. The summed E-state index contributed by atoms with van der Waals surface area (Å²) in [7, 11) is 0. The van der Waals surface area contributed by atoms with Crippen molar-refractivity contribution in [2.45, 2.75) is 31.7 Å². The molecule has 3 N–H and O–H groups in total. The summed E-state index contributed by atoms with van der Waals surface area (Å²) >= 11 is 1.81. The van der Waals surface area contributed by atoms with E-state index in [0.717, 1.165) is 29.7 Å². The highest BCUT2D eigenvalue weighted by Gasteiger charge is 2.47. The van der Waals surface area contributed by atoms with Crippen LogP contribution in [0.15, 0.2) is 24.3 Å². The Morgan fingerprint density at radius 2 is 2.05 bits per heavy atom. The van der Waals surface area contributed by atoms with Crippen LogP contribution < -0.4 is 11.3 Å². The van der Waals surface area contributed by atoms with Crippen LogP contribution >= 0.6 is 11.3 Å². The van der Waals surface area contributed by atoms with Gasteiger partial charge in [0.05, 0.1) is 15.2 Å². The van der Waals surface area contributed by atoms with Gasteiger partial charge in [-0.15, -0.1) is 11.3 Å². The Bertz CT molecular complexity index is 551. The topological polar surface area (TPSA) is 50.9 Å². The number of para-hydroxylation sites is 1. The van der Waals surface area contributed by atoms with E-state index in [4.69, 9.17) is 10.8 Å². The van der Waals surface area contributed by atoms with Gasteiger partial charge in [0, 0.05) is 12.5 Å². The number of fused-ring (bicyclic) bond motifs is 2. The third-order valence-corrected chi connectivity index (χ3v) is 5.85. The van der Waals surface area contributed by atoms with Crippen molar-refractivity contribution >= 4 is 21.6 Å². The minimum atomic E-state index is 0.397. The number of nitrogens with one attached hydrogen (secondary N) is 1. The number of rotatable bonds is 4. The fourth-order valence-electron chi connectivity index (χ4n) is 3.65. The number of hydrogen-bond donors (Lipinski definition) is 2. The van der Waals surface area contributed by atoms with Gasteiger partial charge < -0.3 is 0 Å². The van der Waals surface area contributed by atoms with Gasteiger partial charge in [0.15, 0.2) is 0 Å². The Kier molecular flexibility index (Phi) is 2.83. The molecule has 4 heteroatoms. The molecule has 0 amide bonds. The quantitative estimate of drug-likeness (QED) is 0.665. The van der Waals surface area contributed by atoms with Crippen LogP contribution in [0.4, 0.5) is 0 Å². The Balaban J connectivity index is 1.51. The molecule has 3 atom stereocenters. The maximum atomic E-state index is 5.78. The molecule has 3 nitrogen and oxygen atoms in total. The third kappa shape index (κ3) is 2.18. The minimum absolute atomic E-state index is 0.397. The first-order valence-corrected chi connectivity index (χ1v) is 7.95. The van der Waals surface area contributed by atoms with E-state index in [2.05, 4.69) is 29.7 Å². The minimum Gasteiger partial charge on any atom is -0.271 e. The summed E-state index contributed by atoms with van der Waals surface area (Å²) in [6.45, 7) is 0. The van der Waals surface area contributed by atoms with Crippen LogP contribution in [-0.4, -0.2) is 11.0 Å². The van der Waals surface area contributed by atoms with Crippen LogP contribution in [0, 0.1) is 17.8 Å². The monoisotopic (exact) mass is 273 g/mol. The predicted molar refractivity (Wildman–Crippen MR) is 78.8 cm³/mol. The molecule has 3 unspecified atom stereocenters. The van der Waals surface area contributed by atoms with Crippen LogP contribution in [0.3, 0.4) is 0 Å². The normalized spacial score (nSPS) is 30.5. The van der Waals surface area contributed by atoms with E-state index in [1.54, 1.807) is 11.3 Å². The molecule has 0 bridgehead atoms. The van der Waals surface area contributed by atoms with Crippen LogP contribution in [-0.2, 0) is 6.42 Å². The molecule has 1 heterocycles. The molecule has 0 saturated heterocycles. The molecule has 2 aliphatic carbocycles. The molecule has 1 aromatic carbocycles. The number of nitrogens with two attached hydrogens (primary N) is 1. The number of benzene rings is 1. The number of nitrogens with zero attached hydrogens (tertiary/aromatic N) is 1. The second-order valence-electron chi connectivity index (χ2n) is 6.04. The van der Waals surface area contributed by atoms with E-state index in [0.29, 0.717) is 6.04 Å². The number of aromatic nitrogens is 1. The van der Waals surface area contributed by atoms with Crippen molar-refractivity contribution in [2.75, 3.05) is 0 Å². The molecule has 2 aromatic rings. The van der Waals surface area contributed by atoms with Crippen molar-refractivity contribution in [1.82, 2.24) is 10.4 Å². The van der Waals surface area contributed by atoms with E-state index in [-0.39, 0.29) is 0 Å². The Labute approximate surface area is 117 Å². The molecule has 0 aliphatic heterocycles. The Hall–Kier alpha value is -0.970. The van der Waals surface area contributed by atoms with Gasteiger partial charge in [0.2, 0.25) is 0 Å². The second-order valence-corrected chi connectivity index (χ2v) is 7.16. The molecule has 0 spiro atoms. The molecule has 1 aromatic heterocycles. The number of hydrogen-bond acceptors (Lipinski definition) is 4. The van der Waals surface area contributed by atoms with Crippen LogP contribution in [0.2, 0.25) is 0 Å². The van der Waals surface area contributed by atoms with Crippen molar-refractivity contribution in [1.29, 1.82) is 0 Å². The van der Waals surface area contributed by atoms with E-state index in [9.17, 15) is 0 Å². The van der Waals surface area contributed by atoms with Gasteiger partial charge in [-0.3, -0.25) is 11.3 Å². The third-order valence-electron chi connectivity index (χ3n) is 4.80. The first-order chi connectivity index (χ1) is 9.33. The smallest absolute Gasteiger partial charge is 0.0954 e. The first-order valence-electron chi connectivity index (χ1n) is 7.14. The lowest BCUT2D eigenvalue weighted by atomic mass is 9.93. The summed E-state index contributed by atoms with van der Waals surface area (Å²) in [5.41, 5.74) is 4.16. The fourth-order valence-corrected chi connectivity index (χ4v) is 4.67. The predicted octanol–water partition coefficient (Wildman–Crippen LogP) is 2.72. The van der Waals surface area contributed by atoms with Crippen molar-refractivity contribution in [3.05, 3.63) is 29.3 Å². The maximum absolute atomic E-state index is 5.78. The Morgan fingerprint density at radius 3 is 2.79 bits per heavy atom. The summed E-state index contributed by atoms with van der Waals surface area (Å²) in [6.07, 6.45) is 5.17. The zero-order valence-corrected chi connectivity index (χ0v) is 11.7. The van der Waals surface area contributed by atoms with Gasteiger partial charge in [0.25, 0.3) is 0 Å². The summed E-state index contributed by atoms with van der Waals surface area (Å²) in [4.78, 5) is 4.73. The summed E-state index contributed by atoms with van der Waals surface area (Å²) in [5.74, 6) is 8.55. The highest BCUT2D eigenvalue weighted by Crippen LogP contribution is 2.55. The average molecular weight is 273 g/mol. The molecule has 0 radical (unpaired) electrons. The summed E-state index contributed by atoms with van der Waals surface area (Å²) < 4.78 is 1.28. The zero-order chi connectivity index (χ0) is 12.8. The van der Waals surface area contributed by atoms with Gasteiger partial charge in [-0.25, -0.2) is 4.98 Å². The zero-order valence-electron chi connectivity index (χ0n) is 10.9. The van der Waals surface area contributed by atoms with Crippen molar-refractivity contribution in [3.8, 4) is 0 Å². The number of hydrazine groups is 1. The van der Waals surface area contributed by atoms with Gasteiger partial charge in [0.1, 0.15) is 0 Å². The average Bonchev–Trinajstić information content (AvgIpc) is 2.88. The fraction of sp³-hybridized carbons (Fsp3) is 0.533. The van der Waals surface area contributed by atoms with Crippen LogP contribution in [0.25, 0.3) is 10.2 Å². The molecular formula is C15H19N3S. The van der Waals surface area contributed by atoms with Crippen molar-refractivity contribution < 1.29 is 0 Å². The highest BCUT2D eigenvalue weighted by atomic mass is 32.1. The van der Waals surface area contributed by atoms with Crippen molar-refractivity contribution in [3.63, 3.8) is 0 Å². The molecule has 4 rings (SSSR count). The number of thiazole rings is 1. The van der Waals surface area contributed by atoms with E-state index in [1.165, 1.54) is 29.0 Å². The van der Waals surface area contributed by atoms with E-state index >= 15 is 0 Å². The largest absolute Gasteiger partial charge is 0.271 e. The molecule has 19 heavy (non-hydrogen) atoms.